The van der Waals surface area contributed by atoms with Crippen molar-refractivity contribution in [3.63, 3.8) is 0 Å². The molecule has 1 aromatic carbocycles. The van der Waals surface area contributed by atoms with E-state index in [0.29, 0.717) is 6.61 Å². The smallest absolute Gasteiger partial charge is 0.315 e. The molecule has 2 rings (SSSR count). The molecule has 21 heavy (non-hydrogen) atoms. The van der Waals surface area contributed by atoms with Gasteiger partial charge in [0.2, 0.25) is 0 Å². The summed E-state index contributed by atoms with van der Waals surface area (Å²) in [5, 5.41) is 5.51. The minimum absolute atomic E-state index is 0.288. The fourth-order valence-corrected chi connectivity index (χ4v) is 2.54. The van der Waals surface area contributed by atoms with Gasteiger partial charge in [0.25, 0.3) is 0 Å². The Kier molecular flexibility index (Phi) is 4.67. The van der Waals surface area contributed by atoms with Crippen LogP contribution < -0.4 is 15.4 Å². The number of urea groups is 1. The van der Waals surface area contributed by atoms with Gasteiger partial charge >= 0.3 is 12.0 Å². The van der Waals surface area contributed by atoms with Crippen LogP contribution in [-0.4, -0.2) is 31.8 Å². The van der Waals surface area contributed by atoms with Crippen LogP contribution in [0.1, 0.15) is 25.5 Å². The Hall–Kier alpha value is -2.24. The van der Waals surface area contributed by atoms with Crippen molar-refractivity contribution in [3.05, 3.63) is 29.8 Å². The van der Waals surface area contributed by atoms with Crippen molar-refractivity contribution in [2.24, 2.45) is 5.92 Å². The molecule has 1 heterocycles. The van der Waals surface area contributed by atoms with Gasteiger partial charge in [0.15, 0.2) is 0 Å². The van der Waals surface area contributed by atoms with Crippen LogP contribution in [0.3, 0.4) is 0 Å². The van der Waals surface area contributed by atoms with E-state index in [0.717, 1.165) is 11.3 Å². The zero-order valence-electron chi connectivity index (χ0n) is 12.4. The molecule has 1 saturated heterocycles. The third-order valence-electron chi connectivity index (χ3n) is 3.58. The number of hydrogen-bond donors (Lipinski definition) is 2. The van der Waals surface area contributed by atoms with Crippen molar-refractivity contribution < 1.29 is 19.1 Å². The Morgan fingerprint density at radius 3 is 2.48 bits per heavy atom. The molecule has 1 aromatic rings. The van der Waals surface area contributed by atoms with E-state index in [4.69, 9.17) is 9.47 Å². The van der Waals surface area contributed by atoms with Crippen molar-refractivity contribution in [3.8, 4) is 5.75 Å². The van der Waals surface area contributed by atoms with Gasteiger partial charge in [-0.15, -0.1) is 0 Å². The number of carbonyl (C=O) groups is 2. The van der Waals surface area contributed by atoms with Crippen LogP contribution in [0.25, 0.3) is 0 Å². The molecule has 1 aliphatic heterocycles. The predicted molar refractivity (Wildman–Crippen MR) is 77.0 cm³/mol. The molecular weight excluding hydrogens is 272 g/mol. The van der Waals surface area contributed by atoms with Gasteiger partial charge < -0.3 is 20.1 Å². The average molecular weight is 292 g/mol. The molecule has 6 nitrogen and oxygen atoms in total. The standard InChI is InChI=1S/C15H20N2O4/c1-4-21-14(18)12-9(2)16-15(19)17-13(12)10-5-7-11(20-3)8-6-10/h5-9,12-13H,4H2,1-3H3,(H2,16,17,19)/t9-,12-,13+/m0/s1. The molecule has 1 fully saturated rings. The van der Waals surface area contributed by atoms with Crippen LogP contribution >= 0.6 is 0 Å². The van der Waals surface area contributed by atoms with E-state index < -0.39 is 12.0 Å². The first-order valence-electron chi connectivity index (χ1n) is 6.94. The highest BCUT2D eigenvalue weighted by atomic mass is 16.5. The molecule has 0 aliphatic carbocycles. The molecule has 0 bridgehead atoms. The molecule has 1 aliphatic rings. The maximum atomic E-state index is 12.2. The average Bonchev–Trinajstić information content (AvgIpc) is 2.46. The maximum Gasteiger partial charge on any atom is 0.315 e. The van der Waals surface area contributed by atoms with Gasteiger partial charge in [-0.25, -0.2) is 4.79 Å². The lowest BCUT2D eigenvalue weighted by Gasteiger charge is -2.36. The summed E-state index contributed by atoms with van der Waals surface area (Å²) in [6.07, 6.45) is 0. The van der Waals surface area contributed by atoms with Crippen LogP contribution in [0.2, 0.25) is 0 Å². The number of rotatable bonds is 4. The third kappa shape index (κ3) is 3.26. The summed E-state index contributed by atoms with van der Waals surface area (Å²) in [5.74, 6) is -0.0749. The number of benzene rings is 1. The summed E-state index contributed by atoms with van der Waals surface area (Å²) in [6, 6.07) is 6.28. The van der Waals surface area contributed by atoms with Crippen molar-refractivity contribution in [1.29, 1.82) is 0 Å². The monoisotopic (exact) mass is 292 g/mol. The molecular formula is C15H20N2O4. The van der Waals surface area contributed by atoms with E-state index >= 15 is 0 Å². The zero-order chi connectivity index (χ0) is 15.4. The van der Waals surface area contributed by atoms with E-state index in [1.807, 2.05) is 12.1 Å². The van der Waals surface area contributed by atoms with Gasteiger partial charge in [0.1, 0.15) is 11.7 Å². The molecule has 3 atom stereocenters. The fourth-order valence-electron chi connectivity index (χ4n) is 2.54. The molecule has 0 saturated carbocycles. The Labute approximate surface area is 123 Å². The highest BCUT2D eigenvalue weighted by Crippen LogP contribution is 2.30. The topological polar surface area (TPSA) is 76.7 Å². The van der Waals surface area contributed by atoms with Crippen molar-refractivity contribution in [1.82, 2.24) is 10.6 Å². The minimum atomic E-state index is -0.476. The lowest BCUT2D eigenvalue weighted by molar-refractivity contribution is -0.150. The second kappa shape index (κ2) is 6.47. The first-order chi connectivity index (χ1) is 10.1. The quantitative estimate of drug-likeness (QED) is 0.827. The highest BCUT2D eigenvalue weighted by Gasteiger charge is 2.40. The molecule has 2 amide bonds. The summed E-state index contributed by atoms with van der Waals surface area (Å²) in [5.41, 5.74) is 0.843. The van der Waals surface area contributed by atoms with Crippen LogP contribution in [-0.2, 0) is 9.53 Å². The number of carbonyl (C=O) groups excluding carboxylic acids is 2. The van der Waals surface area contributed by atoms with E-state index in [1.54, 1.807) is 33.1 Å². The number of nitrogens with one attached hydrogen (secondary N) is 2. The van der Waals surface area contributed by atoms with Crippen LogP contribution in [0.4, 0.5) is 4.79 Å². The van der Waals surface area contributed by atoms with Crippen molar-refractivity contribution >= 4 is 12.0 Å². The van der Waals surface area contributed by atoms with Crippen molar-refractivity contribution in [2.45, 2.75) is 25.9 Å². The normalized spacial score (nSPS) is 24.7. The molecule has 6 heteroatoms. The van der Waals surface area contributed by atoms with Crippen LogP contribution in [0.15, 0.2) is 24.3 Å². The lowest BCUT2D eigenvalue weighted by Crippen LogP contribution is -2.57. The van der Waals surface area contributed by atoms with Gasteiger partial charge in [0.05, 0.1) is 19.8 Å². The second-order valence-electron chi connectivity index (χ2n) is 4.94. The second-order valence-corrected chi connectivity index (χ2v) is 4.94. The summed E-state index contributed by atoms with van der Waals surface area (Å²) in [4.78, 5) is 23.9. The summed E-state index contributed by atoms with van der Waals surface area (Å²) >= 11 is 0. The largest absolute Gasteiger partial charge is 0.497 e. The van der Waals surface area contributed by atoms with Gasteiger partial charge in [-0.3, -0.25) is 4.79 Å². The zero-order valence-corrected chi connectivity index (χ0v) is 12.4. The summed E-state index contributed by atoms with van der Waals surface area (Å²) < 4.78 is 10.2. The molecule has 0 radical (unpaired) electrons. The fraction of sp³-hybridized carbons (Fsp3) is 0.467. The lowest BCUT2D eigenvalue weighted by atomic mass is 9.86. The minimum Gasteiger partial charge on any atom is -0.497 e. The highest BCUT2D eigenvalue weighted by molar-refractivity contribution is 5.82. The number of methoxy groups -OCH3 is 1. The van der Waals surface area contributed by atoms with E-state index in [-0.39, 0.29) is 18.0 Å². The van der Waals surface area contributed by atoms with E-state index in [1.165, 1.54) is 0 Å². The number of ether oxygens (including phenoxy) is 2. The third-order valence-corrected chi connectivity index (χ3v) is 3.58. The number of hydrogen-bond acceptors (Lipinski definition) is 4. The summed E-state index contributed by atoms with van der Waals surface area (Å²) in [7, 11) is 1.59. The first-order valence-corrected chi connectivity index (χ1v) is 6.94. The SMILES string of the molecule is CCOC(=O)[C@H]1[C@H](C)NC(=O)N[C@@H]1c1ccc(OC)cc1. The molecule has 0 spiro atoms. The Morgan fingerprint density at radius 2 is 1.90 bits per heavy atom. The number of esters is 1. The van der Waals surface area contributed by atoms with Gasteiger partial charge in [-0.05, 0) is 31.5 Å². The Morgan fingerprint density at radius 1 is 1.24 bits per heavy atom. The predicted octanol–water partition coefficient (Wildman–Crippen LogP) is 1.62. The molecule has 0 unspecified atom stereocenters. The number of amides is 2. The van der Waals surface area contributed by atoms with Gasteiger partial charge in [-0.2, -0.15) is 0 Å². The Balaban J connectivity index is 2.29. The van der Waals surface area contributed by atoms with Crippen LogP contribution in [0.5, 0.6) is 5.75 Å². The molecule has 114 valence electrons. The van der Waals surface area contributed by atoms with Crippen molar-refractivity contribution in [2.75, 3.05) is 13.7 Å². The maximum absolute atomic E-state index is 12.2. The molecule has 2 N–H and O–H groups in total. The van der Waals surface area contributed by atoms with Gasteiger partial charge in [-0.1, -0.05) is 12.1 Å². The van der Waals surface area contributed by atoms with Gasteiger partial charge in [0, 0.05) is 6.04 Å². The van der Waals surface area contributed by atoms with E-state index in [2.05, 4.69) is 10.6 Å². The van der Waals surface area contributed by atoms with Crippen LogP contribution in [0, 0.1) is 5.92 Å². The van der Waals surface area contributed by atoms with E-state index in [9.17, 15) is 9.59 Å². The molecule has 0 aromatic heterocycles. The first kappa shape index (κ1) is 15.2. The Bertz CT molecular complexity index is 515. The summed E-state index contributed by atoms with van der Waals surface area (Å²) in [6.45, 7) is 3.88.